The molecular weight excluding hydrogens is 380 g/mol. The van der Waals surface area contributed by atoms with Crippen molar-refractivity contribution in [3.8, 4) is 5.75 Å². The van der Waals surface area contributed by atoms with Crippen LogP contribution in [0.3, 0.4) is 0 Å². The van der Waals surface area contributed by atoms with Gasteiger partial charge in [-0.05, 0) is 37.1 Å². The van der Waals surface area contributed by atoms with E-state index in [2.05, 4.69) is 15.5 Å². The van der Waals surface area contributed by atoms with E-state index >= 15 is 0 Å². The Morgan fingerprint density at radius 2 is 1.97 bits per heavy atom. The number of carbonyl (C=O) groups excluding carboxylic acids is 1. The lowest BCUT2D eigenvalue weighted by Gasteiger charge is -2.36. The highest BCUT2D eigenvalue weighted by atomic mass is 16.5. The average Bonchev–Trinajstić information content (AvgIpc) is 3.15. The predicted octanol–water partition coefficient (Wildman–Crippen LogP) is 3.62. The lowest BCUT2D eigenvalue weighted by Crippen LogP contribution is -2.52. The summed E-state index contributed by atoms with van der Waals surface area (Å²) < 4.78 is 11.1. The van der Waals surface area contributed by atoms with Crippen molar-refractivity contribution in [2.75, 3.05) is 19.7 Å². The average molecular weight is 406 g/mol. The number of hydrogen-bond donors (Lipinski definition) is 1. The smallest absolute Gasteiger partial charge is 0.317 e. The van der Waals surface area contributed by atoms with Crippen LogP contribution in [0.1, 0.15) is 34.3 Å². The molecule has 1 aliphatic rings. The van der Waals surface area contributed by atoms with Gasteiger partial charge in [0.05, 0.1) is 12.5 Å². The first-order valence-corrected chi connectivity index (χ1v) is 10.2. The maximum Gasteiger partial charge on any atom is 0.317 e. The standard InChI is InChI=1S/C23H26N4O3/c1-16-6-8-18(9-7-16)13-24-23(28)27-14-19(15-27)22-25-21(26-30-22)10-11-29-20-5-3-4-17(2)12-20/h3-9,12,19H,10-11,13-15H2,1-2H3,(H,24,28). The van der Waals surface area contributed by atoms with Crippen LogP contribution < -0.4 is 10.1 Å². The van der Waals surface area contributed by atoms with Gasteiger partial charge in [0.2, 0.25) is 5.89 Å². The normalized spacial score (nSPS) is 13.7. The van der Waals surface area contributed by atoms with Crippen molar-refractivity contribution < 1.29 is 14.1 Å². The van der Waals surface area contributed by atoms with Crippen molar-refractivity contribution in [1.82, 2.24) is 20.4 Å². The summed E-state index contributed by atoms with van der Waals surface area (Å²) in [5.41, 5.74) is 3.45. The Kier molecular flexibility index (Phi) is 5.97. The lowest BCUT2D eigenvalue weighted by atomic mass is 10.0. The first-order valence-electron chi connectivity index (χ1n) is 10.2. The van der Waals surface area contributed by atoms with E-state index in [1.54, 1.807) is 4.90 Å². The van der Waals surface area contributed by atoms with Crippen LogP contribution in [0.2, 0.25) is 0 Å². The zero-order valence-electron chi connectivity index (χ0n) is 17.3. The molecule has 30 heavy (non-hydrogen) atoms. The molecule has 7 heteroatoms. The molecule has 2 amide bonds. The SMILES string of the molecule is Cc1ccc(CNC(=O)N2CC(c3nc(CCOc4cccc(C)c4)no3)C2)cc1. The maximum atomic E-state index is 12.3. The molecule has 1 saturated heterocycles. The molecule has 156 valence electrons. The van der Waals surface area contributed by atoms with Gasteiger partial charge in [-0.2, -0.15) is 4.98 Å². The Hall–Kier alpha value is -3.35. The minimum absolute atomic E-state index is 0.0712. The predicted molar refractivity (Wildman–Crippen MR) is 112 cm³/mol. The highest BCUT2D eigenvalue weighted by Gasteiger charge is 2.35. The van der Waals surface area contributed by atoms with Gasteiger partial charge >= 0.3 is 6.03 Å². The molecule has 0 atom stereocenters. The molecule has 2 heterocycles. The van der Waals surface area contributed by atoms with Crippen LogP contribution in [-0.2, 0) is 13.0 Å². The molecule has 4 rings (SSSR count). The fraction of sp³-hybridized carbons (Fsp3) is 0.348. The van der Waals surface area contributed by atoms with E-state index in [0.29, 0.717) is 44.4 Å². The van der Waals surface area contributed by atoms with E-state index in [4.69, 9.17) is 9.26 Å². The van der Waals surface area contributed by atoms with Crippen LogP contribution in [-0.4, -0.2) is 40.8 Å². The molecule has 0 unspecified atom stereocenters. The quantitative estimate of drug-likeness (QED) is 0.648. The topological polar surface area (TPSA) is 80.5 Å². The van der Waals surface area contributed by atoms with Crippen molar-refractivity contribution in [3.63, 3.8) is 0 Å². The van der Waals surface area contributed by atoms with Gasteiger partial charge in [-0.15, -0.1) is 0 Å². The van der Waals surface area contributed by atoms with E-state index in [-0.39, 0.29) is 11.9 Å². The Bertz CT molecular complexity index is 994. The third kappa shape index (κ3) is 4.97. The van der Waals surface area contributed by atoms with E-state index in [1.807, 2.05) is 62.4 Å². The van der Waals surface area contributed by atoms with Crippen LogP contribution in [0.25, 0.3) is 0 Å². The zero-order valence-corrected chi connectivity index (χ0v) is 17.3. The number of aromatic nitrogens is 2. The van der Waals surface area contributed by atoms with E-state index in [1.165, 1.54) is 5.56 Å². The summed E-state index contributed by atoms with van der Waals surface area (Å²) in [6.07, 6.45) is 0.574. The summed E-state index contributed by atoms with van der Waals surface area (Å²) in [7, 11) is 0. The Balaban J connectivity index is 1.19. The summed E-state index contributed by atoms with van der Waals surface area (Å²) in [4.78, 5) is 18.5. The highest BCUT2D eigenvalue weighted by Crippen LogP contribution is 2.25. The number of aryl methyl sites for hydroxylation is 2. The molecule has 0 spiro atoms. The number of urea groups is 1. The molecule has 0 saturated carbocycles. The number of benzene rings is 2. The molecular formula is C23H26N4O3. The molecule has 0 bridgehead atoms. The Labute approximate surface area is 176 Å². The molecule has 3 aromatic rings. The van der Waals surface area contributed by atoms with Crippen molar-refractivity contribution in [3.05, 3.63) is 76.9 Å². The minimum Gasteiger partial charge on any atom is -0.493 e. The second-order valence-electron chi connectivity index (χ2n) is 7.71. The Morgan fingerprint density at radius 3 is 2.73 bits per heavy atom. The van der Waals surface area contributed by atoms with Crippen molar-refractivity contribution in [1.29, 1.82) is 0 Å². The second-order valence-corrected chi connectivity index (χ2v) is 7.71. The maximum absolute atomic E-state index is 12.3. The third-order valence-electron chi connectivity index (χ3n) is 5.15. The highest BCUT2D eigenvalue weighted by molar-refractivity contribution is 5.75. The Morgan fingerprint density at radius 1 is 1.17 bits per heavy atom. The van der Waals surface area contributed by atoms with Crippen molar-refractivity contribution in [2.45, 2.75) is 32.7 Å². The van der Waals surface area contributed by atoms with Crippen LogP contribution >= 0.6 is 0 Å². The zero-order chi connectivity index (χ0) is 20.9. The summed E-state index contributed by atoms with van der Waals surface area (Å²) >= 11 is 0. The number of nitrogens with zero attached hydrogens (tertiary/aromatic N) is 3. The number of ether oxygens (including phenoxy) is 1. The largest absolute Gasteiger partial charge is 0.493 e. The molecule has 7 nitrogen and oxygen atoms in total. The van der Waals surface area contributed by atoms with E-state index < -0.39 is 0 Å². The number of nitrogens with one attached hydrogen (secondary N) is 1. The molecule has 0 radical (unpaired) electrons. The van der Waals surface area contributed by atoms with Gasteiger partial charge in [0.1, 0.15) is 5.75 Å². The number of likely N-dealkylation sites (tertiary alicyclic amines) is 1. The molecule has 1 aromatic heterocycles. The van der Waals surface area contributed by atoms with E-state index in [9.17, 15) is 4.79 Å². The fourth-order valence-electron chi connectivity index (χ4n) is 3.30. The van der Waals surface area contributed by atoms with Crippen LogP contribution in [0.15, 0.2) is 53.1 Å². The van der Waals surface area contributed by atoms with Gasteiger partial charge in [0, 0.05) is 26.1 Å². The second kappa shape index (κ2) is 8.98. The number of hydrogen-bond acceptors (Lipinski definition) is 5. The van der Waals surface area contributed by atoms with Crippen molar-refractivity contribution >= 4 is 6.03 Å². The van der Waals surface area contributed by atoms with Crippen LogP contribution in [0, 0.1) is 13.8 Å². The van der Waals surface area contributed by atoms with Gasteiger partial charge in [0.25, 0.3) is 0 Å². The van der Waals surface area contributed by atoms with E-state index in [0.717, 1.165) is 16.9 Å². The fourth-order valence-corrected chi connectivity index (χ4v) is 3.30. The van der Waals surface area contributed by atoms with Gasteiger partial charge in [-0.25, -0.2) is 4.79 Å². The number of rotatable bonds is 7. The van der Waals surface area contributed by atoms with Gasteiger partial charge < -0.3 is 19.5 Å². The first kappa shape index (κ1) is 19.9. The van der Waals surface area contributed by atoms with Crippen LogP contribution in [0.5, 0.6) is 5.75 Å². The van der Waals surface area contributed by atoms with Crippen molar-refractivity contribution in [2.24, 2.45) is 0 Å². The number of amides is 2. The van der Waals surface area contributed by atoms with Gasteiger partial charge in [0.15, 0.2) is 5.82 Å². The van der Waals surface area contributed by atoms with Crippen LogP contribution in [0.4, 0.5) is 4.79 Å². The monoisotopic (exact) mass is 406 g/mol. The summed E-state index contributed by atoms with van der Waals surface area (Å²) in [5.74, 6) is 2.14. The number of carbonyl (C=O) groups is 1. The van der Waals surface area contributed by atoms with Gasteiger partial charge in [-0.3, -0.25) is 0 Å². The summed E-state index contributed by atoms with van der Waals surface area (Å²) in [5, 5.41) is 6.98. The third-order valence-corrected chi connectivity index (χ3v) is 5.15. The minimum atomic E-state index is -0.0712. The molecule has 1 fully saturated rings. The molecule has 1 aliphatic heterocycles. The lowest BCUT2D eigenvalue weighted by molar-refractivity contribution is 0.136. The molecule has 2 aromatic carbocycles. The summed E-state index contributed by atoms with van der Waals surface area (Å²) in [6.45, 7) is 6.25. The molecule has 0 aliphatic carbocycles. The van der Waals surface area contributed by atoms with Gasteiger partial charge in [-0.1, -0.05) is 47.1 Å². The summed E-state index contributed by atoms with van der Waals surface area (Å²) in [6, 6.07) is 16.0. The first-order chi connectivity index (χ1) is 14.6. The molecule has 1 N–H and O–H groups in total.